The number of nitrogens with zero attached hydrogens (tertiary/aromatic N) is 1. The third-order valence-electron chi connectivity index (χ3n) is 5.54. The van der Waals surface area contributed by atoms with Crippen molar-refractivity contribution < 1.29 is 27.2 Å². The van der Waals surface area contributed by atoms with Crippen molar-refractivity contribution >= 4 is 27.5 Å². The molecule has 0 atom stereocenters. The third-order valence-corrected chi connectivity index (χ3v) is 6.72. The zero-order chi connectivity index (χ0) is 23.4. The second kappa shape index (κ2) is 9.62. The van der Waals surface area contributed by atoms with Crippen LogP contribution in [0.2, 0.25) is 0 Å². The maximum absolute atomic E-state index is 12.5. The molecule has 8 heteroatoms. The van der Waals surface area contributed by atoms with Gasteiger partial charge in [-0.05, 0) is 48.7 Å². The molecule has 0 bridgehead atoms. The summed E-state index contributed by atoms with van der Waals surface area (Å²) in [5, 5.41) is 0. The fourth-order valence-electron chi connectivity index (χ4n) is 3.88. The zero-order valence-electron chi connectivity index (χ0n) is 18.3. The number of furan rings is 1. The van der Waals surface area contributed by atoms with E-state index in [0.717, 1.165) is 16.9 Å². The molecule has 1 aliphatic heterocycles. The summed E-state index contributed by atoms with van der Waals surface area (Å²) < 4.78 is 36.2. The van der Waals surface area contributed by atoms with Gasteiger partial charge in [-0.25, -0.2) is 8.42 Å². The van der Waals surface area contributed by atoms with Crippen LogP contribution in [0.25, 0.3) is 11.3 Å². The topological polar surface area (TPSA) is 93.9 Å². The second-order valence-electron chi connectivity index (χ2n) is 8.00. The Hall–Kier alpha value is -3.39. The molecule has 0 radical (unpaired) electrons. The van der Waals surface area contributed by atoms with Crippen LogP contribution in [-0.2, 0) is 32.4 Å². The monoisotopic (exact) mass is 467 g/mol. The van der Waals surface area contributed by atoms with E-state index in [0.29, 0.717) is 42.8 Å². The van der Waals surface area contributed by atoms with Crippen molar-refractivity contribution in [3.05, 3.63) is 77.6 Å². The van der Waals surface area contributed by atoms with Gasteiger partial charge in [-0.15, -0.1) is 0 Å². The molecule has 1 aromatic heterocycles. The van der Waals surface area contributed by atoms with E-state index < -0.39 is 16.0 Å². The first-order valence-corrected chi connectivity index (χ1v) is 12.6. The Morgan fingerprint density at radius 3 is 2.61 bits per heavy atom. The number of ketones is 1. The van der Waals surface area contributed by atoms with Crippen molar-refractivity contribution in [2.45, 2.75) is 25.7 Å². The van der Waals surface area contributed by atoms with Gasteiger partial charge in [0.15, 0.2) is 12.4 Å². The molecule has 3 aromatic rings. The van der Waals surface area contributed by atoms with Crippen LogP contribution < -0.4 is 4.31 Å². The summed E-state index contributed by atoms with van der Waals surface area (Å²) in [4.78, 5) is 24.6. The van der Waals surface area contributed by atoms with Crippen LogP contribution in [-0.4, -0.2) is 39.6 Å². The van der Waals surface area contributed by atoms with E-state index in [1.807, 2.05) is 42.5 Å². The number of hydrogen-bond donors (Lipinski definition) is 0. The molecule has 0 spiro atoms. The quantitative estimate of drug-likeness (QED) is 0.367. The normalized spacial score (nSPS) is 13.4. The lowest BCUT2D eigenvalue weighted by molar-refractivity contribution is -0.142. The average molecular weight is 468 g/mol. The molecule has 2 aromatic carbocycles. The number of fused-ring (bicyclic) bond motifs is 1. The molecule has 0 saturated carbocycles. The van der Waals surface area contributed by atoms with Gasteiger partial charge in [-0.2, -0.15) is 0 Å². The Bertz CT molecular complexity index is 1260. The summed E-state index contributed by atoms with van der Waals surface area (Å²) in [6.07, 6.45) is 3.02. The summed E-state index contributed by atoms with van der Waals surface area (Å²) in [6.45, 7) is 0.0695. The van der Waals surface area contributed by atoms with Gasteiger partial charge in [0.1, 0.15) is 11.5 Å². The highest BCUT2D eigenvalue weighted by molar-refractivity contribution is 7.92. The lowest BCUT2D eigenvalue weighted by Crippen LogP contribution is -2.34. The van der Waals surface area contributed by atoms with Crippen LogP contribution in [0.3, 0.4) is 0 Å². The molecule has 0 saturated heterocycles. The molecule has 33 heavy (non-hydrogen) atoms. The Balaban J connectivity index is 1.30. The van der Waals surface area contributed by atoms with E-state index in [1.54, 1.807) is 18.2 Å². The van der Waals surface area contributed by atoms with Gasteiger partial charge < -0.3 is 9.15 Å². The predicted octanol–water partition coefficient (Wildman–Crippen LogP) is 4.02. The van der Waals surface area contributed by atoms with E-state index in [-0.39, 0.29) is 18.8 Å². The third kappa shape index (κ3) is 5.51. The Kier molecular flexibility index (Phi) is 6.65. The molecule has 1 aliphatic rings. The summed E-state index contributed by atoms with van der Waals surface area (Å²) in [5.41, 5.74) is 2.76. The Morgan fingerprint density at radius 1 is 1.06 bits per heavy atom. The minimum Gasteiger partial charge on any atom is -0.461 e. The lowest BCUT2D eigenvalue weighted by Gasteiger charge is -2.29. The van der Waals surface area contributed by atoms with Crippen molar-refractivity contribution in [1.82, 2.24) is 0 Å². The van der Waals surface area contributed by atoms with Gasteiger partial charge in [0.2, 0.25) is 10.0 Å². The Morgan fingerprint density at radius 2 is 1.85 bits per heavy atom. The Labute approximate surface area is 193 Å². The number of anilines is 1. The number of carbonyl (C=O) groups excluding carboxylic acids is 2. The number of Topliss-reactive ketones (excluding diaryl/α,β-unsaturated/α-hetero) is 1. The smallest absolute Gasteiger partial charge is 0.306 e. The van der Waals surface area contributed by atoms with E-state index in [4.69, 9.17) is 9.15 Å². The number of hydrogen-bond acceptors (Lipinski definition) is 6. The van der Waals surface area contributed by atoms with Gasteiger partial charge in [0, 0.05) is 24.1 Å². The first-order chi connectivity index (χ1) is 15.8. The average Bonchev–Trinajstić information content (AvgIpc) is 3.29. The maximum Gasteiger partial charge on any atom is 0.306 e. The lowest BCUT2D eigenvalue weighted by atomic mass is 9.99. The molecule has 172 valence electrons. The number of rotatable bonds is 8. The standard InChI is InChI=1S/C25H25NO6S/c1-33(29,30)26-15-5-8-19-16-20(9-12-22(19)26)23(27)17-31-25(28)14-11-21-10-13-24(32-21)18-6-3-2-4-7-18/h2-4,6-7,9-10,12-13,16H,5,8,11,14-15,17H2,1H3. The van der Waals surface area contributed by atoms with E-state index in [2.05, 4.69) is 0 Å². The number of ether oxygens (including phenoxy) is 1. The second-order valence-corrected chi connectivity index (χ2v) is 9.90. The van der Waals surface area contributed by atoms with Crippen LogP contribution in [0, 0.1) is 0 Å². The molecule has 0 N–H and O–H groups in total. The number of carbonyl (C=O) groups is 2. The van der Waals surface area contributed by atoms with Crippen molar-refractivity contribution in [2.75, 3.05) is 23.7 Å². The van der Waals surface area contributed by atoms with Crippen LogP contribution in [0.1, 0.15) is 34.5 Å². The van der Waals surface area contributed by atoms with Crippen molar-refractivity contribution in [3.63, 3.8) is 0 Å². The number of benzene rings is 2. The molecule has 7 nitrogen and oxygen atoms in total. The maximum atomic E-state index is 12.5. The summed E-state index contributed by atoms with van der Waals surface area (Å²) in [7, 11) is -3.37. The minimum absolute atomic E-state index is 0.0997. The molecule has 0 aliphatic carbocycles. The molecule has 0 fully saturated rings. The number of sulfonamides is 1. The first kappa shape index (κ1) is 22.8. The minimum atomic E-state index is -3.37. The van der Waals surface area contributed by atoms with Crippen molar-refractivity contribution in [2.24, 2.45) is 0 Å². The van der Waals surface area contributed by atoms with Gasteiger partial charge in [-0.3, -0.25) is 13.9 Å². The van der Waals surface area contributed by atoms with Gasteiger partial charge in [0.05, 0.1) is 18.4 Å². The fourth-order valence-corrected chi connectivity index (χ4v) is 4.87. The molecular weight excluding hydrogens is 442 g/mol. The van der Waals surface area contributed by atoms with Gasteiger partial charge >= 0.3 is 5.97 Å². The fraction of sp³-hybridized carbons (Fsp3) is 0.280. The largest absolute Gasteiger partial charge is 0.461 e. The zero-order valence-corrected chi connectivity index (χ0v) is 19.1. The molecule has 4 rings (SSSR count). The number of esters is 1. The van der Waals surface area contributed by atoms with E-state index in [9.17, 15) is 18.0 Å². The van der Waals surface area contributed by atoms with Crippen LogP contribution in [0.5, 0.6) is 0 Å². The summed E-state index contributed by atoms with van der Waals surface area (Å²) >= 11 is 0. The highest BCUT2D eigenvalue weighted by Gasteiger charge is 2.25. The van der Waals surface area contributed by atoms with Crippen molar-refractivity contribution in [3.8, 4) is 11.3 Å². The number of aryl methyl sites for hydroxylation is 2. The van der Waals surface area contributed by atoms with Gasteiger partial charge in [-0.1, -0.05) is 30.3 Å². The van der Waals surface area contributed by atoms with Crippen LogP contribution in [0.15, 0.2) is 65.1 Å². The van der Waals surface area contributed by atoms with E-state index in [1.165, 1.54) is 10.6 Å². The molecule has 0 amide bonds. The summed E-state index contributed by atoms with van der Waals surface area (Å²) in [5.74, 6) is 0.590. The molecule has 2 heterocycles. The molecular formula is C25H25NO6S. The summed E-state index contributed by atoms with van der Waals surface area (Å²) in [6, 6.07) is 18.3. The van der Waals surface area contributed by atoms with Crippen LogP contribution in [0.4, 0.5) is 5.69 Å². The predicted molar refractivity (Wildman–Crippen MR) is 125 cm³/mol. The molecule has 0 unspecified atom stereocenters. The van der Waals surface area contributed by atoms with E-state index >= 15 is 0 Å². The first-order valence-electron chi connectivity index (χ1n) is 10.7. The van der Waals surface area contributed by atoms with Crippen molar-refractivity contribution in [1.29, 1.82) is 0 Å². The van der Waals surface area contributed by atoms with Gasteiger partial charge in [0.25, 0.3) is 0 Å². The van der Waals surface area contributed by atoms with Crippen LogP contribution >= 0.6 is 0 Å². The highest BCUT2D eigenvalue weighted by atomic mass is 32.2. The highest BCUT2D eigenvalue weighted by Crippen LogP contribution is 2.30. The SMILES string of the molecule is CS(=O)(=O)N1CCCc2cc(C(=O)COC(=O)CCc3ccc(-c4ccccc4)o3)ccc21.